The second-order valence-electron chi connectivity index (χ2n) is 4.98. The Labute approximate surface area is 101 Å². The van der Waals surface area contributed by atoms with Gasteiger partial charge in [-0.3, -0.25) is 0 Å². The highest BCUT2D eigenvalue weighted by molar-refractivity contribution is 5.23. The Balaban J connectivity index is 2.05. The van der Waals surface area contributed by atoms with Crippen molar-refractivity contribution in [1.29, 1.82) is 0 Å². The Morgan fingerprint density at radius 1 is 1.12 bits per heavy atom. The summed E-state index contributed by atoms with van der Waals surface area (Å²) in [6.45, 7) is 0. The number of halogens is 2. The third-order valence-electron chi connectivity index (χ3n) is 3.68. The first kappa shape index (κ1) is 12.5. The summed E-state index contributed by atoms with van der Waals surface area (Å²) in [4.78, 5) is 0. The summed E-state index contributed by atoms with van der Waals surface area (Å²) in [7, 11) is 0. The maximum atomic E-state index is 13.5. The topological polar surface area (TPSA) is 26.0 Å². The predicted octanol–water partition coefficient (Wildman–Crippen LogP) is 3.94. The van der Waals surface area contributed by atoms with Gasteiger partial charge in [0.2, 0.25) is 0 Å². The summed E-state index contributed by atoms with van der Waals surface area (Å²) >= 11 is 0. The van der Waals surface area contributed by atoms with Gasteiger partial charge >= 0.3 is 0 Å². The predicted molar refractivity (Wildman–Crippen MR) is 64.5 cm³/mol. The van der Waals surface area contributed by atoms with Gasteiger partial charge in [0.05, 0.1) is 0 Å². The number of nitrogens with two attached hydrogens (primary N) is 1. The first-order valence-corrected chi connectivity index (χ1v) is 6.38. The van der Waals surface area contributed by atoms with Crippen LogP contribution in [0.3, 0.4) is 0 Å². The molecule has 17 heavy (non-hydrogen) atoms. The molecule has 1 fully saturated rings. The van der Waals surface area contributed by atoms with Gasteiger partial charge in [-0.1, -0.05) is 38.2 Å². The zero-order valence-electron chi connectivity index (χ0n) is 9.96. The molecule has 1 atom stereocenters. The molecule has 3 heteroatoms. The quantitative estimate of drug-likeness (QED) is 0.849. The molecule has 0 aromatic heterocycles. The molecule has 1 aromatic carbocycles. The fourth-order valence-corrected chi connectivity index (χ4v) is 2.76. The highest BCUT2D eigenvalue weighted by Crippen LogP contribution is 2.32. The molecule has 0 aliphatic heterocycles. The third kappa shape index (κ3) is 3.03. The molecule has 0 amide bonds. The summed E-state index contributed by atoms with van der Waals surface area (Å²) in [5.74, 6) is -0.514. The van der Waals surface area contributed by atoms with Crippen LogP contribution in [-0.4, -0.2) is 0 Å². The van der Waals surface area contributed by atoms with Crippen molar-refractivity contribution in [2.45, 2.75) is 44.6 Å². The molecule has 2 rings (SSSR count). The van der Waals surface area contributed by atoms with E-state index in [1.54, 1.807) is 0 Å². The molecule has 1 aliphatic rings. The summed E-state index contributed by atoms with van der Waals surface area (Å²) in [6.07, 6.45) is 6.69. The number of hydrogen-bond acceptors (Lipinski definition) is 1. The number of rotatable bonds is 3. The summed E-state index contributed by atoms with van der Waals surface area (Å²) in [5.41, 5.74) is 6.00. The van der Waals surface area contributed by atoms with Gasteiger partial charge in [0.25, 0.3) is 0 Å². The van der Waals surface area contributed by atoms with Crippen molar-refractivity contribution in [3.8, 4) is 0 Å². The highest BCUT2D eigenvalue weighted by atomic mass is 19.1. The van der Waals surface area contributed by atoms with Crippen LogP contribution < -0.4 is 5.73 Å². The van der Waals surface area contributed by atoms with Crippen molar-refractivity contribution in [2.24, 2.45) is 11.7 Å². The molecule has 0 radical (unpaired) electrons. The lowest BCUT2D eigenvalue weighted by Gasteiger charge is -2.25. The summed E-state index contributed by atoms with van der Waals surface area (Å²) < 4.78 is 27.1. The minimum Gasteiger partial charge on any atom is -0.324 e. The lowest BCUT2D eigenvalue weighted by atomic mass is 9.83. The van der Waals surface area contributed by atoms with Crippen molar-refractivity contribution in [3.63, 3.8) is 0 Å². The Morgan fingerprint density at radius 2 is 1.71 bits per heavy atom. The van der Waals surface area contributed by atoms with Gasteiger partial charge in [0.1, 0.15) is 11.6 Å². The van der Waals surface area contributed by atoms with E-state index >= 15 is 0 Å². The first-order valence-electron chi connectivity index (χ1n) is 6.38. The van der Waals surface area contributed by atoms with Gasteiger partial charge in [-0.25, -0.2) is 8.78 Å². The van der Waals surface area contributed by atoms with Crippen LogP contribution in [0.1, 0.15) is 50.1 Å². The smallest absolute Gasteiger partial charge is 0.130 e. The monoisotopic (exact) mass is 239 g/mol. The van der Waals surface area contributed by atoms with Crippen LogP contribution >= 0.6 is 0 Å². The Hall–Kier alpha value is -0.960. The zero-order valence-corrected chi connectivity index (χ0v) is 9.96. The van der Waals surface area contributed by atoms with Crippen LogP contribution in [0.4, 0.5) is 8.78 Å². The Morgan fingerprint density at radius 3 is 2.29 bits per heavy atom. The second kappa shape index (κ2) is 5.58. The van der Waals surface area contributed by atoms with E-state index in [2.05, 4.69) is 0 Å². The molecule has 0 spiro atoms. The summed E-state index contributed by atoms with van der Waals surface area (Å²) in [6, 6.07) is 3.42. The number of benzene rings is 1. The average molecular weight is 239 g/mol. The van der Waals surface area contributed by atoms with Gasteiger partial charge in [0.15, 0.2) is 0 Å². The molecule has 1 unspecified atom stereocenters. The SMILES string of the molecule is NC(CC1CCCCC1)c1c(F)cccc1F. The van der Waals surface area contributed by atoms with Crippen LogP contribution in [0.2, 0.25) is 0 Å². The van der Waals surface area contributed by atoms with E-state index in [0.717, 1.165) is 12.8 Å². The maximum Gasteiger partial charge on any atom is 0.130 e. The molecule has 1 nitrogen and oxygen atoms in total. The largest absolute Gasteiger partial charge is 0.324 e. The molecule has 0 saturated heterocycles. The van der Waals surface area contributed by atoms with Crippen molar-refractivity contribution in [2.75, 3.05) is 0 Å². The normalized spacial score (nSPS) is 19.2. The standard InChI is InChI=1S/C14H19F2N/c15-11-7-4-8-12(16)14(11)13(17)9-10-5-2-1-3-6-10/h4,7-8,10,13H,1-3,5-6,9,17H2. The highest BCUT2D eigenvalue weighted by Gasteiger charge is 2.21. The molecular formula is C14H19F2N. The molecule has 94 valence electrons. The van der Waals surface area contributed by atoms with Crippen molar-refractivity contribution >= 4 is 0 Å². The fraction of sp³-hybridized carbons (Fsp3) is 0.571. The lowest BCUT2D eigenvalue weighted by molar-refractivity contribution is 0.314. The van der Waals surface area contributed by atoms with Crippen LogP contribution in [0.5, 0.6) is 0 Å². The second-order valence-corrected chi connectivity index (χ2v) is 4.98. The van der Waals surface area contributed by atoms with Gasteiger partial charge in [0, 0.05) is 11.6 Å². The van der Waals surface area contributed by atoms with Gasteiger partial charge in [-0.05, 0) is 24.5 Å². The lowest BCUT2D eigenvalue weighted by Crippen LogP contribution is -2.19. The van der Waals surface area contributed by atoms with E-state index in [1.807, 2.05) is 0 Å². The molecule has 1 aromatic rings. The Bertz CT molecular complexity index is 352. The first-order chi connectivity index (χ1) is 8.18. The van der Waals surface area contributed by atoms with Crippen LogP contribution in [0, 0.1) is 17.6 Å². The number of hydrogen-bond donors (Lipinski definition) is 1. The van der Waals surface area contributed by atoms with E-state index in [9.17, 15) is 8.78 Å². The molecule has 0 heterocycles. The molecular weight excluding hydrogens is 220 g/mol. The molecule has 0 bridgehead atoms. The zero-order chi connectivity index (χ0) is 12.3. The Kier molecular flexibility index (Phi) is 4.11. The van der Waals surface area contributed by atoms with E-state index in [1.165, 1.54) is 37.5 Å². The molecule has 1 aliphatic carbocycles. The molecule has 1 saturated carbocycles. The van der Waals surface area contributed by atoms with E-state index < -0.39 is 17.7 Å². The maximum absolute atomic E-state index is 13.5. The average Bonchev–Trinajstić information content (AvgIpc) is 2.30. The van der Waals surface area contributed by atoms with Crippen LogP contribution in [0.15, 0.2) is 18.2 Å². The van der Waals surface area contributed by atoms with E-state index in [-0.39, 0.29) is 5.56 Å². The van der Waals surface area contributed by atoms with E-state index in [4.69, 9.17) is 5.73 Å². The van der Waals surface area contributed by atoms with Crippen molar-refractivity contribution in [3.05, 3.63) is 35.4 Å². The van der Waals surface area contributed by atoms with E-state index in [0.29, 0.717) is 12.3 Å². The van der Waals surface area contributed by atoms with Crippen molar-refractivity contribution < 1.29 is 8.78 Å². The minimum absolute atomic E-state index is 0.0538. The van der Waals surface area contributed by atoms with Crippen LogP contribution in [-0.2, 0) is 0 Å². The minimum atomic E-state index is -0.520. The van der Waals surface area contributed by atoms with Crippen LogP contribution in [0.25, 0.3) is 0 Å². The van der Waals surface area contributed by atoms with Gasteiger partial charge in [-0.2, -0.15) is 0 Å². The summed E-state index contributed by atoms with van der Waals surface area (Å²) in [5, 5.41) is 0. The third-order valence-corrected chi connectivity index (χ3v) is 3.68. The molecule has 2 N–H and O–H groups in total. The van der Waals surface area contributed by atoms with Gasteiger partial charge in [-0.15, -0.1) is 0 Å². The van der Waals surface area contributed by atoms with Gasteiger partial charge < -0.3 is 5.73 Å². The van der Waals surface area contributed by atoms with Crippen molar-refractivity contribution in [1.82, 2.24) is 0 Å². The fourth-order valence-electron chi connectivity index (χ4n) is 2.76.